The highest BCUT2D eigenvalue weighted by atomic mass is 79.9. The van der Waals surface area contributed by atoms with E-state index in [-0.39, 0.29) is 17.1 Å². The van der Waals surface area contributed by atoms with Gasteiger partial charge in [-0.1, -0.05) is 12.1 Å². The average molecular weight is 461 g/mol. The van der Waals surface area contributed by atoms with Gasteiger partial charge in [-0.05, 0) is 67.7 Å². The maximum atomic E-state index is 13.3. The number of aryl methyl sites for hydroxylation is 1. The smallest absolute Gasteiger partial charge is 0.449 e. The lowest BCUT2D eigenvalue weighted by molar-refractivity contribution is -0.158. The van der Waals surface area contributed by atoms with Crippen LogP contribution in [0.1, 0.15) is 38.8 Å². The first kappa shape index (κ1) is 21.1. The average Bonchev–Trinajstić information content (AvgIpc) is 2.61. The highest BCUT2D eigenvalue weighted by Crippen LogP contribution is 2.43. The molecule has 0 atom stereocenters. The zero-order valence-electron chi connectivity index (χ0n) is 16.7. The van der Waals surface area contributed by atoms with E-state index in [2.05, 4.69) is 25.9 Å². The van der Waals surface area contributed by atoms with Crippen LogP contribution in [0.15, 0.2) is 40.8 Å². The zero-order chi connectivity index (χ0) is 21.6. The summed E-state index contributed by atoms with van der Waals surface area (Å²) in [7, 11) is 0. The van der Waals surface area contributed by atoms with Gasteiger partial charge in [-0.15, -0.1) is 0 Å². The molecule has 2 aromatic rings. The molecule has 29 heavy (non-hydrogen) atoms. The Hall–Kier alpha value is -2.58. The topological polar surface area (TPSA) is 98.6 Å². The SMILES string of the molecule is Cc1ccc(-c2ncc(Br)cn2)cc1C1=C(OC(=O)O)C(C)(C)OC(C)(C)C1=O. The fraction of sp³-hybridized carbons (Fsp3) is 0.333. The lowest BCUT2D eigenvalue weighted by Crippen LogP contribution is -2.50. The van der Waals surface area contributed by atoms with Crippen LogP contribution in [0.5, 0.6) is 0 Å². The van der Waals surface area contributed by atoms with Crippen molar-refractivity contribution in [2.45, 2.75) is 45.8 Å². The third-order valence-electron chi connectivity index (χ3n) is 4.63. The van der Waals surface area contributed by atoms with E-state index in [9.17, 15) is 14.7 Å². The second-order valence-corrected chi connectivity index (χ2v) is 8.69. The van der Waals surface area contributed by atoms with Gasteiger partial charge in [0, 0.05) is 18.0 Å². The van der Waals surface area contributed by atoms with Crippen molar-refractivity contribution in [3.63, 3.8) is 0 Å². The molecule has 1 aliphatic heterocycles. The number of nitrogens with zero attached hydrogens (tertiary/aromatic N) is 2. The van der Waals surface area contributed by atoms with E-state index in [0.717, 1.165) is 10.0 Å². The molecule has 0 saturated heterocycles. The predicted octanol–water partition coefficient (Wildman–Crippen LogP) is 4.78. The van der Waals surface area contributed by atoms with Crippen LogP contribution in [-0.4, -0.2) is 38.2 Å². The fourth-order valence-electron chi connectivity index (χ4n) is 3.43. The molecule has 8 heteroatoms. The molecule has 0 saturated carbocycles. The third kappa shape index (κ3) is 4.09. The first-order chi connectivity index (χ1) is 13.4. The van der Waals surface area contributed by atoms with Crippen molar-refractivity contribution in [2.75, 3.05) is 0 Å². The van der Waals surface area contributed by atoms with Crippen LogP contribution in [0.3, 0.4) is 0 Å². The Morgan fingerprint density at radius 1 is 1.14 bits per heavy atom. The number of carboxylic acid groups (broad SMARTS) is 1. The summed E-state index contributed by atoms with van der Waals surface area (Å²) in [6, 6.07) is 5.46. The molecule has 3 rings (SSSR count). The number of ketones is 1. The minimum absolute atomic E-state index is 0.0358. The van der Waals surface area contributed by atoms with E-state index in [1.54, 1.807) is 46.2 Å². The van der Waals surface area contributed by atoms with E-state index in [4.69, 9.17) is 9.47 Å². The Labute approximate surface area is 176 Å². The van der Waals surface area contributed by atoms with Crippen LogP contribution in [0.2, 0.25) is 0 Å². The van der Waals surface area contributed by atoms with Crippen LogP contribution in [0.4, 0.5) is 4.79 Å². The molecule has 1 aliphatic rings. The van der Waals surface area contributed by atoms with Crippen molar-refractivity contribution in [3.05, 3.63) is 52.0 Å². The quantitative estimate of drug-likeness (QED) is 0.657. The summed E-state index contributed by atoms with van der Waals surface area (Å²) in [6.07, 6.45) is 1.75. The van der Waals surface area contributed by atoms with E-state index in [1.807, 2.05) is 19.1 Å². The van der Waals surface area contributed by atoms with Crippen molar-refractivity contribution in [1.29, 1.82) is 0 Å². The molecule has 1 aromatic carbocycles. The monoisotopic (exact) mass is 460 g/mol. The maximum absolute atomic E-state index is 13.3. The maximum Gasteiger partial charge on any atom is 0.511 e. The number of hydrogen-bond donors (Lipinski definition) is 1. The lowest BCUT2D eigenvalue weighted by atomic mass is 9.81. The molecule has 0 bridgehead atoms. The van der Waals surface area contributed by atoms with Gasteiger partial charge in [0.1, 0.15) is 11.2 Å². The van der Waals surface area contributed by atoms with Gasteiger partial charge in [0.05, 0.1) is 10.0 Å². The molecule has 0 radical (unpaired) electrons. The summed E-state index contributed by atoms with van der Waals surface area (Å²) < 4.78 is 11.7. The van der Waals surface area contributed by atoms with Gasteiger partial charge < -0.3 is 14.6 Å². The van der Waals surface area contributed by atoms with E-state index in [1.165, 1.54) is 0 Å². The predicted molar refractivity (Wildman–Crippen MR) is 110 cm³/mol. The number of carbonyl (C=O) groups excluding carboxylic acids is 1. The molecule has 2 heterocycles. The molecule has 0 amide bonds. The standard InChI is InChI=1S/C21H21BrN2O5/c1-11-6-7-12(18-23-9-13(22)10-24-18)8-14(11)15-16(25)20(2,3)29-21(4,5)17(15)28-19(26)27/h6-10H,1-5H3,(H,26,27). The summed E-state index contributed by atoms with van der Waals surface area (Å²) in [5.74, 6) is 0.0881. The summed E-state index contributed by atoms with van der Waals surface area (Å²) >= 11 is 3.31. The Balaban J connectivity index is 2.27. The lowest BCUT2D eigenvalue weighted by Gasteiger charge is -2.41. The highest BCUT2D eigenvalue weighted by Gasteiger charge is 2.49. The van der Waals surface area contributed by atoms with Gasteiger partial charge in [-0.25, -0.2) is 14.8 Å². The first-order valence-electron chi connectivity index (χ1n) is 8.92. The molecule has 0 unspecified atom stereocenters. The number of halogens is 1. The largest absolute Gasteiger partial charge is 0.511 e. The molecule has 7 nitrogen and oxygen atoms in total. The zero-order valence-corrected chi connectivity index (χ0v) is 18.3. The van der Waals surface area contributed by atoms with E-state index in [0.29, 0.717) is 17.0 Å². The van der Waals surface area contributed by atoms with Crippen LogP contribution < -0.4 is 0 Å². The van der Waals surface area contributed by atoms with Crippen LogP contribution in [-0.2, 0) is 14.3 Å². The molecule has 0 fully saturated rings. The van der Waals surface area contributed by atoms with Crippen LogP contribution in [0.25, 0.3) is 17.0 Å². The molecule has 152 valence electrons. The highest BCUT2D eigenvalue weighted by molar-refractivity contribution is 9.10. The van der Waals surface area contributed by atoms with Gasteiger partial charge in [0.15, 0.2) is 17.4 Å². The van der Waals surface area contributed by atoms with Gasteiger partial charge in [-0.3, -0.25) is 4.79 Å². The summed E-state index contributed by atoms with van der Waals surface area (Å²) in [5.41, 5.74) is -0.0585. The number of ether oxygens (including phenoxy) is 2. The van der Waals surface area contributed by atoms with Crippen LogP contribution in [0, 0.1) is 6.92 Å². The summed E-state index contributed by atoms with van der Waals surface area (Å²) in [4.78, 5) is 33.2. The minimum Gasteiger partial charge on any atom is -0.449 e. The normalized spacial score (nSPS) is 17.9. The van der Waals surface area contributed by atoms with Crippen molar-refractivity contribution in [2.24, 2.45) is 0 Å². The van der Waals surface area contributed by atoms with Crippen molar-refractivity contribution in [1.82, 2.24) is 9.97 Å². The number of aromatic nitrogens is 2. The second kappa shape index (κ2) is 7.35. The van der Waals surface area contributed by atoms with Crippen molar-refractivity contribution < 1.29 is 24.2 Å². The Kier molecular flexibility index (Phi) is 5.36. The van der Waals surface area contributed by atoms with E-state index < -0.39 is 17.4 Å². The molecule has 0 aliphatic carbocycles. The molecular weight excluding hydrogens is 440 g/mol. The second-order valence-electron chi connectivity index (χ2n) is 7.78. The first-order valence-corrected chi connectivity index (χ1v) is 9.71. The van der Waals surface area contributed by atoms with Crippen molar-refractivity contribution >= 4 is 33.4 Å². The number of Topliss-reactive ketones (excluding diaryl/α,β-unsaturated/α-hetero) is 1. The van der Waals surface area contributed by atoms with E-state index >= 15 is 0 Å². The number of benzene rings is 1. The Morgan fingerprint density at radius 3 is 2.34 bits per heavy atom. The summed E-state index contributed by atoms with van der Waals surface area (Å²) in [5, 5.41) is 9.26. The Morgan fingerprint density at radius 2 is 1.76 bits per heavy atom. The minimum atomic E-state index is -1.51. The van der Waals surface area contributed by atoms with Crippen LogP contribution >= 0.6 is 15.9 Å². The van der Waals surface area contributed by atoms with Gasteiger partial charge in [-0.2, -0.15) is 0 Å². The molecule has 1 aromatic heterocycles. The fourth-order valence-corrected chi connectivity index (χ4v) is 3.64. The Bertz CT molecular complexity index is 1030. The van der Waals surface area contributed by atoms with Gasteiger partial charge >= 0.3 is 6.16 Å². The number of carbonyl (C=O) groups is 2. The molecular formula is C21H21BrN2O5. The number of hydrogen-bond acceptors (Lipinski definition) is 6. The van der Waals surface area contributed by atoms with Gasteiger partial charge in [0.2, 0.25) is 0 Å². The number of rotatable bonds is 3. The molecule has 1 N–H and O–H groups in total. The third-order valence-corrected chi connectivity index (χ3v) is 5.04. The van der Waals surface area contributed by atoms with Gasteiger partial charge in [0.25, 0.3) is 0 Å². The van der Waals surface area contributed by atoms with Crippen molar-refractivity contribution in [3.8, 4) is 11.4 Å². The molecule has 0 spiro atoms. The summed E-state index contributed by atoms with van der Waals surface area (Å²) in [6.45, 7) is 8.51.